The number of aryl methyl sites for hydroxylation is 1. The van der Waals surface area contributed by atoms with Crippen LogP contribution in [0.2, 0.25) is 0 Å². The van der Waals surface area contributed by atoms with E-state index in [9.17, 15) is 0 Å². The lowest BCUT2D eigenvalue weighted by Crippen LogP contribution is -1.93. The molecule has 3 heterocycles. The lowest BCUT2D eigenvalue weighted by Gasteiger charge is -2.05. The molecule has 4 heteroatoms. The number of aromatic nitrogens is 3. The van der Waals surface area contributed by atoms with Crippen molar-refractivity contribution in [3.05, 3.63) is 66.7 Å². The predicted molar refractivity (Wildman–Crippen MR) is 85.2 cm³/mol. The SMILES string of the molecule is Cc1ccc(-c2ccc3ncnc(-c4ccccc4)c3n2)o1. The van der Waals surface area contributed by atoms with Gasteiger partial charge in [-0.25, -0.2) is 15.0 Å². The van der Waals surface area contributed by atoms with E-state index < -0.39 is 0 Å². The summed E-state index contributed by atoms with van der Waals surface area (Å²) in [4.78, 5) is 13.4. The first-order chi connectivity index (χ1) is 10.8. The largest absolute Gasteiger partial charge is 0.460 e. The summed E-state index contributed by atoms with van der Waals surface area (Å²) in [7, 11) is 0. The van der Waals surface area contributed by atoms with Crippen molar-refractivity contribution in [2.75, 3.05) is 0 Å². The minimum Gasteiger partial charge on any atom is -0.460 e. The number of hydrogen-bond donors (Lipinski definition) is 0. The van der Waals surface area contributed by atoms with E-state index in [1.807, 2.05) is 61.5 Å². The maximum Gasteiger partial charge on any atom is 0.152 e. The molecule has 0 saturated heterocycles. The predicted octanol–water partition coefficient (Wildman–Crippen LogP) is 4.26. The van der Waals surface area contributed by atoms with Crippen LogP contribution in [0.4, 0.5) is 0 Å². The second-order valence-corrected chi connectivity index (χ2v) is 5.06. The fourth-order valence-electron chi connectivity index (χ4n) is 2.46. The highest BCUT2D eigenvalue weighted by molar-refractivity contribution is 5.89. The van der Waals surface area contributed by atoms with Crippen molar-refractivity contribution in [1.82, 2.24) is 15.0 Å². The zero-order valence-electron chi connectivity index (χ0n) is 12.0. The molecular weight excluding hydrogens is 274 g/mol. The smallest absolute Gasteiger partial charge is 0.152 e. The van der Waals surface area contributed by atoms with Crippen LogP contribution < -0.4 is 0 Å². The molecule has 1 aromatic carbocycles. The monoisotopic (exact) mass is 287 g/mol. The number of furan rings is 1. The summed E-state index contributed by atoms with van der Waals surface area (Å²) in [5.74, 6) is 1.62. The molecule has 4 nitrogen and oxygen atoms in total. The molecule has 0 atom stereocenters. The Labute approximate surface area is 127 Å². The van der Waals surface area contributed by atoms with Crippen LogP contribution in [0.5, 0.6) is 0 Å². The molecule has 0 spiro atoms. The van der Waals surface area contributed by atoms with E-state index in [0.29, 0.717) is 0 Å². The summed E-state index contributed by atoms with van der Waals surface area (Å²) in [6.45, 7) is 1.92. The van der Waals surface area contributed by atoms with Gasteiger partial charge in [-0.3, -0.25) is 0 Å². The van der Waals surface area contributed by atoms with Crippen molar-refractivity contribution in [2.24, 2.45) is 0 Å². The van der Waals surface area contributed by atoms with Crippen LogP contribution in [0, 0.1) is 6.92 Å². The third-order valence-electron chi connectivity index (χ3n) is 3.52. The molecule has 22 heavy (non-hydrogen) atoms. The van der Waals surface area contributed by atoms with Crippen molar-refractivity contribution in [1.29, 1.82) is 0 Å². The van der Waals surface area contributed by atoms with Crippen LogP contribution in [-0.4, -0.2) is 15.0 Å². The number of fused-ring (bicyclic) bond motifs is 1. The van der Waals surface area contributed by atoms with Gasteiger partial charge in [0.15, 0.2) is 5.76 Å². The molecule has 0 N–H and O–H groups in total. The van der Waals surface area contributed by atoms with Gasteiger partial charge in [-0.15, -0.1) is 0 Å². The van der Waals surface area contributed by atoms with Crippen LogP contribution in [-0.2, 0) is 0 Å². The van der Waals surface area contributed by atoms with Crippen LogP contribution in [0.1, 0.15) is 5.76 Å². The Morgan fingerprint density at radius 2 is 1.73 bits per heavy atom. The summed E-state index contributed by atoms with van der Waals surface area (Å²) >= 11 is 0. The van der Waals surface area contributed by atoms with Crippen LogP contribution >= 0.6 is 0 Å². The molecular formula is C18H13N3O. The van der Waals surface area contributed by atoms with Gasteiger partial charge in [-0.2, -0.15) is 0 Å². The molecule has 106 valence electrons. The second kappa shape index (κ2) is 5.07. The van der Waals surface area contributed by atoms with Gasteiger partial charge in [0.1, 0.15) is 23.3 Å². The molecule has 0 saturated carbocycles. The zero-order valence-corrected chi connectivity index (χ0v) is 12.0. The highest BCUT2D eigenvalue weighted by Crippen LogP contribution is 2.27. The summed E-state index contributed by atoms with van der Waals surface area (Å²) in [6.07, 6.45) is 1.57. The van der Waals surface area contributed by atoms with Crippen LogP contribution in [0.3, 0.4) is 0 Å². The Balaban J connectivity index is 1.95. The number of hydrogen-bond acceptors (Lipinski definition) is 4. The lowest BCUT2D eigenvalue weighted by molar-refractivity contribution is 0.546. The topological polar surface area (TPSA) is 51.8 Å². The first kappa shape index (κ1) is 12.7. The quantitative estimate of drug-likeness (QED) is 0.552. The van der Waals surface area contributed by atoms with Crippen molar-refractivity contribution < 1.29 is 4.42 Å². The Morgan fingerprint density at radius 1 is 0.864 bits per heavy atom. The van der Waals surface area contributed by atoms with E-state index >= 15 is 0 Å². The lowest BCUT2D eigenvalue weighted by atomic mass is 10.1. The zero-order chi connectivity index (χ0) is 14.9. The minimum atomic E-state index is 0.752. The van der Waals surface area contributed by atoms with E-state index in [2.05, 4.69) is 9.97 Å². The van der Waals surface area contributed by atoms with Crippen molar-refractivity contribution in [3.8, 4) is 22.7 Å². The molecule has 0 unspecified atom stereocenters. The normalized spacial score (nSPS) is 11.0. The number of rotatable bonds is 2. The van der Waals surface area contributed by atoms with E-state index in [0.717, 1.165) is 39.5 Å². The molecule has 0 aliphatic rings. The van der Waals surface area contributed by atoms with Gasteiger partial charge in [0.2, 0.25) is 0 Å². The highest BCUT2D eigenvalue weighted by atomic mass is 16.3. The van der Waals surface area contributed by atoms with Gasteiger partial charge in [0, 0.05) is 5.56 Å². The molecule has 0 radical (unpaired) electrons. The molecule has 3 aromatic heterocycles. The number of benzene rings is 1. The van der Waals surface area contributed by atoms with E-state index in [-0.39, 0.29) is 0 Å². The Bertz CT molecular complexity index is 945. The summed E-state index contributed by atoms with van der Waals surface area (Å²) < 4.78 is 5.66. The van der Waals surface area contributed by atoms with E-state index in [1.54, 1.807) is 6.33 Å². The third-order valence-corrected chi connectivity index (χ3v) is 3.52. The fourth-order valence-corrected chi connectivity index (χ4v) is 2.46. The maximum atomic E-state index is 5.66. The summed E-state index contributed by atoms with van der Waals surface area (Å²) in [5.41, 5.74) is 4.24. The van der Waals surface area contributed by atoms with Crippen molar-refractivity contribution >= 4 is 11.0 Å². The van der Waals surface area contributed by atoms with Crippen molar-refractivity contribution in [3.63, 3.8) is 0 Å². The van der Waals surface area contributed by atoms with Gasteiger partial charge in [0.05, 0.1) is 11.2 Å². The minimum absolute atomic E-state index is 0.752. The van der Waals surface area contributed by atoms with Crippen molar-refractivity contribution in [2.45, 2.75) is 6.92 Å². The average Bonchev–Trinajstić information content (AvgIpc) is 3.01. The maximum absolute atomic E-state index is 5.66. The molecule has 0 bridgehead atoms. The number of nitrogens with zero attached hydrogens (tertiary/aromatic N) is 3. The first-order valence-corrected chi connectivity index (χ1v) is 7.05. The Hall–Kier alpha value is -3.01. The van der Waals surface area contributed by atoms with Gasteiger partial charge >= 0.3 is 0 Å². The highest BCUT2D eigenvalue weighted by Gasteiger charge is 2.11. The standard InChI is InChI=1S/C18H13N3O/c1-12-7-10-16(22-12)14-8-9-15-18(21-14)17(20-11-19-15)13-5-3-2-4-6-13/h2-11H,1H3. The van der Waals surface area contributed by atoms with Crippen LogP contribution in [0.25, 0.3) is 33.7 Å². The van der Waals surface area contributed by atoms with Gasteiger partial charge in [0.25, 0.3) is 0 Å². The van der Waals surface area contributed by atoms with Crippen LogP contribution in [0.15, 0.2) is 65.3 Å². The first-order valence-electron chi connectivity index (χ1n) is 7.05. The number of pyridine rings is 1. The Kier molecular flexibility index (Phi) is 2.93. The van der Waals surface area contributed by atoms with E-state index in [1.165, 1.54) is 0 Å². The average molecular weight is 287 g/mol. The molecule has 4 rings (SSSR count). The molecule has 0 aliphatic carbocycles. The molecule has 0 amide bonds. The summed E-state index contributed by atoms with van der Waals surface area (Å²) in [5, 5.41) is 0. The molecule has 0 aliphatic heterocycles. The van der Waals surface area contributed by atoms with E-state index in [4.69, 9.17) is 9.40 Å². The van der Waals surface area contributed by atoms with Gasteiger partial charge in [-0.05, 0) is 31.2 Å². The molecule has 4 aromatic rings. The second-order valence-electron chi connectivity index (χ2n) is 5.06. The Morgan fingerprint density at radius 3 is 2.50 bits per heavy atom. The molecule has 0 fully saturated rings. The van der Waals surface area contributed by atoms with Gasteiger partial charge in [-0.1, -0.05) is 30.3 Å². The third kappa shape index (κ3) is 2.15. The summed E-state index contributed by atoms with van der Waals surface area (Å²) in [6, 6.07) is 17.7. The fraction of sp³-hybridized carbons (Fsp3) is 0.0556. The van der Waals surface area contributed by atoms with Gasteiger partial charge < -0.3 is 4.42 Å².